The minimum absolute atomic E-state index is 0.0806. The molecule has 2 N–H and O–H groups in total. The number of nitrogens with two attached hydrogens (primary N) is 1. The second kappa shape index (κ2) is 7.39. The first-order valence-corrected chi connectivity index (χ1v) is 9.78. The van der Waals surface area contributed by atoms with Gasteiger partial charge in [0.05, 0.1) is 18.2 Å². The van der Waals surface area contributed by atoms with Gasteiger partial charge in [0.1, 0.15) is 5.69 Å². The third kappa shape index (κ3) is 3.67. The van der Waals surface area contributed by atoms with Crippen molar-refractivity contribution in [1.82, 2.24) is 14.9 Å². The number of carbonyl (C=O) groups excluding carboxylic acids is 1. The zero-order valence-corrected chi connectivity index (χ0v) is 16.5. The number of hydrogen-bond acceptors (Lipinski definition) is 6. The summed E-state index contributed by atoms with van der Waals surface area (Å²) in [5, 5.41) is 0. The first-order chi connectivity index (χ1) is 13.5. The summed E-state index contributed by atoms with van der Waals surface area (Å²) < 4.78 is 6.28. The summed E-state index contributed by atoms with van der Waals surface area (Å²) in [5.41, 5.74) is 7.84. The monoisotopic (exact) mass is 381 g/mol. The molecule has 1 atom stereocenters. The Bertz CT molecular complexity index is 829. The second-order valence-corrected chi connectivity index (χ2v) is 7.84. The Morgan fingerprint density at radius 2 is 1.96 bits per heavy atom. The zero-order valence-electron chi connectivity index (χ0n) is 16.5. The molecule has 3 heterocycles. The number of hydrogen-bond donors (Lipinski definition) is 1. The molecule has 0 saturated carbocycles. The first kappa shape index (κ1) is 18.7. The van der Waals surface area contributed by atoms with Crippen molar-refractivity contribution in [2.45, 2.75) is 37.8 Å². The molecule has 0 bridgehead atoms. The molecule has 0 radical (unpaired) electrons. The van der Waals surface area contributed by atoms with Gasteiger partial charge in [0, 0.05) is 31.5 Å². The Labute approximate surface area is 165 Å². The molecule has 2 aliphatic heterocycles. The van der Waals surface area contributed by atoms with E-state index < -0.39 is 0 Å². The smallest absolute Gasteiger partial charge is 0.272 e. The largest absolute Gasteiger partial charge is 0.373 e. The Balaban J connectivity index is 1.38. The van der Waals surface area contributed by atoms with Crippen LogP contribution < -0.4 is 10.6 Å². The number of nitrogen functional groups attached to an aromatic ring is 1. The molecule has 1 aromatic heterocycles. The molecule has 7 nitrogen and oxygen atoms in total. The van der Waals surface area contributed by atoms with Crippen molar-refractivity contribution in [2.24, 2.45) is 0 Å². The molecule has 1 spiro atoms. The van der Waals surface area contributed by atoms with Crippen LogP contribution in [0.4, 0.5) is 11.6 Å². The van der Waals surface area contributed by atoms with Crippen molar-refractivity contribution >= 4 is 17.5 Å². The molecule has 28 heavy (non-hydrogen) atoms. The molecule has 2 aromatic rings. The number of benzene rings is 1. The number of piperidine rings is 1. The highest BCUT2D eigenvalue weighted by Gasteiger charge is 2.44. The summed E-state index contributed by atoms with van der Waals surface area (Å²) in [5.74, 6) is 0.0609. The molecule has 2 saturated heterocycles. The summed E-state index contributed by atoms with van der Waals surface area (Å²) >= 11 is 0. The van der Waals surface area contributed by atoms with Crippen LogP contribution in [0.25, 0.3) is 0 Å². The van der Waals surface area contributed by atoms with Gasteiger partial charge in [-0.2, -0.15) is 0 Å². The lowest BCUT2D eigenvalue weighted by Crippen LogP contribution is -2.47. The van der Waals surface area contributed by atoms with Crippen LogP contribution in [-0.2, 0) is 4.74 Å². The summed E-state index contributed by atoms with van der Waals surface area (Å²) in [6.45, 7) is 3.88. The van der Waals surface area contributed by atoms with Crippen LogP contribution >= 0.6 is 0 Å². The lowest BCUT2D eigenvalue weighted by Gasteiger charge is -2.39. The van der Waals surface area contributed by atoms with Crippen LogP contribution in [0.3, 0.4) is 0 Å². The van der Waals surface area contributed by atoms with Crippen LogP contribution in [0.2, 0.25) is 0 Å². The van der Waals surface area contributed by atoms with E-state index >= 15 is 0 Å². The number of rotatable bonds is 3. The highest BCUT2D eigenvalue weighted by atomic mass is 16.5. The standard InChI is InChI=1S/C21H27N5O2/c1-15-12-18(24-20(22)23-15)19(27)26-10-8-21(9-11-26)13-17(14-28-21)25(2)16-6-4-3-5-7-16/h3-7,12,17H,8-11,13-14H2,1-2H3,(H2,22,23,24). The SMILES string of the molecule is Cc1cc(C(=O)N2CCC3(CC2)CC(N(C)c2ccccc2)CO3)nc(N)n1. The minimum Gasteiger partial charge on any atom is -0.373 e. The third-order valence-electron chi connectivity index (χ3n) is 5.95. The normalized spacial score (nSPS) is 21.1. The number of amides is 1. The average Bonchev–Trinajstić information content (AvgIpc) is 3.11. The van der Waals surface area contributed by atoms with E-state index in [0.717, 1.165) is 25.9 Å². The Kier molecular flexibility index (Phi) is 4.93. The van der Waals surface area contributed by atoms with Crippen LogP contribution in [0.1, 0.15) is 35.4 Å². The van der Waals surface area contributed by atoms with Gasteiger partial charge in [0.15, 0.2) is 0 Å². The van der Waals surface area contributed by atoms with Gasteiger partial charge in [-0.3, -0.25) is 4.79 Å². The number of ether oxygens (including phenoxy) is 1. The van der Waals surface area contributed by atoms with E-state index in [1.807, 2.05) is 17.9 Å². The second-order valence-electron chi connectivity index (χ2n) is 7.84. The Morgan fingerprint density at radius 1 is 1.25 bits per heavy atom. The fourth-order valence-corrected chi connectivity index (χ4v) is 4.27. The molecule has 1 amide bonds. The first-order valence-electron chi connectivity index (χ1n) is 9.78. The van der Waals surface area contributed by atoms with E-state index in [-0.39, 0.29) is 17.5 Å². The molecule has 2 fully saturated rings. The maximum absolute atomic E-state index is 12.8. The predicted molar refractivity (Wildman–Crippen MR) is 108 cm³/mol. The van der Waals surface area contributed by atoms with Gasteiger partial charge in [-0.15, -0.1) is 0 Å². The molecule has 2 aliphatic rings. The zero-order chi connectivity index (χ0) is 19.7. The maximum Gasteiger partial charge on any atom is 0.272 e. The van der Waals surface area contributed by atoms with Crippen molar-refractivity contribution in [3.05, 3.63) is 47.8 Å². The fourth-order valence-electron chi connectivity index (χ4n) is 4.27. The number of para-hydroxylation sites is 1. The van der Waals surface area contributed by atoms with Crippen LogP contribution in [0, 0.1) is 6.92 Å². The highest BCUT2D eigenvalue weighted by Crippen LogP contribution is 2.38. The molecular weight excluding hydrogens is 354 g/mol. The third-order valence-corrected chi connectivity index (χ3v) is 5.95. The lowest BCUT2D eigenvalue weighted by molar-refractivity contribution is -0.0389. The number of nitrogens with zero attached hydrogens (tertiary/aromatic N) is 4. The number of aromatic nitrogens is 2. The van der Waals surface area contributed by atoms with Gasteiger partial charge in [0.25, 0.3) is 5.91 Å². The Hall–Kier alpha value is -2.67. The topological polar surface area (TPSA) is 84.6 Å². The number of aryl methyl sites for hydroxylation is 1. The summed E-state index contributed by atoms with van der Waals surface area (Å²) in [6, 6.07) is 12.5. The predicted octanol–water partition coefficient (Wildman–Crippen LogP) is 2.27. The number of carbonyl (C=O) groups is 1. The van der Waals surface area contributed by atoms with Gasteiger partial charge in [-0.05, 0) is 44.4 Å². The number of likely N-dealkylation sites (N-methyl/N-ethyl adjacent to an activating group) is 1. The molecule has 4 rings (SSSR count). The summed E-state index contributed by atoms with van der Waals surface area (Å²) in [7, 11) is 2.13. The van der Waals surface area contributed by atoms with Crippen LogP contribution in [0.15, 0.2) is 36.4 Å². The van der Waals surface area contributed by atoms with Crippen molar-refractivity contribution in [2.75, 3.05) is 37.4 Å². The quantitative estimate of drug-likeness (QED) is 0.878. The van der Waals surface area contributed by atoms with Gasteiger partial charge in [-0.25, -0.2) is 9.97 Å². The van der Waals surface area contributed by atoms with Crippen molar-refractivity contribution in [3.8, 4) is 0 Å². The van der Waals surface area contributed by atoms with Gasteiger partial charge in [-0.1, -0.05) is 18.2 Å². The van der Waals surface area contributed by atoms with E-state index in [2.05, 4.69) is 46.2 Å². The summed E-state index contributed by atoms with van der Waals surface area (Å²) in [6.07, 6.45) is 2.68. The molecule has 148 valence electrons. The highest BCUT2D eigenvalue weighted by molar-refractivity contribution is 5.92. The number of likely N-dealkylation sites (tertiary alicyclic amines) is 1. The lowest BCUT2D eigenvalue weighted by atomic mass is 9.87. The van der Waals surface area contributed by atoms with Crippen molar-refractivity contribution in [1.29, 1.82) is 0 Å². The van der Waals surface area contributed by atoms with Crippen molar-refractivity contribution in [3.63, 3.8) is 0 Å². The van der Waals surface area contributed by atoms with Crippen molar-refractivity contribution < 1.29 is 9.53 Å². The van der Waals surface area contributed by atoms with E-state index in [0.29, 0.717) is 30.5 Å². The van der Waals surface area contributed by atoms with Gasteiger partial charge >= 0.3 is 0 Å². The van der Waals surface area contributed by atoms with Crippen LogP contribution in [0.5, 0.6) is 0 Å². The van der Waals surface area contributed by atoms with Gasteiger partial charge in [0.2, 0.25) is 5.95 Å². The van der Waals surface area contributed by atoms with Gasteiger partial charge < -0.3 is 20.3 Å². The minimum atomic E-state index is -0.134. The van der Waals surface area contributed by atoms with E-state index in [1.54, 1.807) is 6.07 Å². The summed E-state index contributed by atoms with van der Waals surface area (Å²) in [4.78, 5) is 25.1. The fraction of sp³-hybridized carbons (Fsp3) is 0.476. The van der Waals surface area contributed by atoms with Crippen LogP contribution in [-0.4, -0.2) is 59.2 Å². The molecule has 0 aliphatic carbocycles. The molecule has 7 heteroatoms. The maximum atomic E-state index is 12.8. The molecular formula is C21H27N5O2. The van der Waals surface area contributed by atoms with E-state index in [4.69, 9.17) is 10.5 Å². The Morgan fingerprint density at radius 3 is 2.64 bits per heavy atom. The van der Waals surface area contributed by atoms with E-state index in [9.17, 15) is 4.79 Å². The average molecular weight is 381 g/mol. The number of anilines is 2. The van der Waals surface area contributed by atoms with E-state index in [1.165, 1.54) is 5.69 Å². The molecule has 1 unspecified atom stereocenters. The molecule has 1 aromatic carbocycles.